The van der Waals surface area contributed by atoms with Crippen molar-refractivity contribution >= 4 is 23.1 Å². The average Bonchev–Trinajstić information content (AvgIpc) is 2.63. The molecule has 2 heterocycles. The van der Waals surface area contributed by atoms with Gasteiger partial charge in [-0.1, -0.05) is 12.1 Å². The van der Waals surface area contributed by atoms with Gasteiger partial charge < -0.3 is 15.1 Å². The molecule has 1 amide bonds. The van der Waals surface area contributed by atoms with Crippen molar-refractivity contribution in [1.82, 2.24) is 14.8 Å². The number of Topliss-reactive ketones (excluding diaryl/α,β-unsaturated/α-hetero) is 1. The molecule has 1 aromatic heterocycles. The minimum atomic E-state index is -0.0294. The van der Waals surface area contributed by atoms with Crippen LogP contribution in [-0.2, 0) is 0 Å². The van der Waals surface area contributed by atoms with Crippen LogP contribution in [-0.4, -0.2) is 59.7 Å². The first-order valence-corrected chi connectivity index (χ1v) is 8.35. The summed E-state index contributed by atoms with van der Waals surface area (Å²) < 4.78 is 0. The average molecular weight is 338 g/mol. The molecule has 1 N–H and O–H groups in total. The van der Waals surface area contributed by atoms with Gasteiger partial charge in [0, 0.05) is 37.4 Å². The van der Waals surface area contributed by atoms with Gasteiger partial charge in [-0.2, -0.15) is 0 Å². The van der Waals surface area contributed by atoms with Gasteiger partial charge in [-0.05, 0) is 38.2 Å². The third kappa shape index (κ3) is 4.22. The van der Waals surface area contributed by atoms with E-state index in [1.165, 1.54) is 0 Å². The Morgan fingerprint density at radius 2 is 1.80 bits per heavy atom. The SMILES string of the molecule is CC(=O)c1cccc(Nc2ccc(C(=O)N3CCN(C)CC3)nc2)c1. The number of piperazine rings is 1. The first kappa shape index (κ1) is 17.1. The fraction of sp³-hybridized carbons (Fsp3) is 0.316. The lowest BCUT2D eigenvalue weighted by molar-refractivity contribution is 0.0658. The van der Waals surface area contributed by atoms with Crippen molar-refractivity contribution in [3.05, 3.63) is 53.9 Å². The molecule has 1 aliphatic rings. The van der Waals surface area contributed by atoms with Gasteiger partial charge in [0.2, 0.25) is 0 Å². The van der Waals surface area contributed by atoms with Crippen LogP contribution in [0.3, 0.4) is 0 Å². The first-order chi connectivity index (χ1) is 12.0. The summed E-state index contributed by atoms with van der Waals surface area (Å²) in [7, 11) is 2.06. The number of pyridine rings is 1. The van der Waals surface area contributed by atoms with Gasteiger partial charge in [-0.15, -0.1) is 0 Å². The molecular formula is C19H22N4O2. The normalized spacial score (nSPS) is 15.0. The van der Waals surface area contributed by atoms with E-state index in [1.807, 2.05) is 23.1 Å². The Bertz CT molecular complexity index is 765. The smallest absolute Gasteiger partial charge is 0.272 e. The van der Waals surface area contributed by atoms with Crippen LogP contribution >= 0.6 is 0 Å². The third-order valence-electron chi connectivity index (χ3n) is 4.33. The summed E-state index contributed by atoms with van der Waals surface area (Å²) in [5.41, 5.74) is 2.69. The van der Waals surface area contributed by atoms with E-state index < -0.39 is 0 Å². The van der Waals surface area contributed by atoms with Gasteiger partial charge in [-0.25, -0.2) is 4.98 Å². The van der Waals surface area contributed by atoms with Crippen LogP contribution in [0.2, 0.25) is 0 Å². The Labute approximate surface area is 147 Å². The number of nitrogens with one attached hydrogen (secondary N) is 1. The number of carbonyl (C=O) groups excluding carboxylic acids is 2. The van der Waals surface area contributed by atoms with E-state index in [9.17, 15) is 9.59 Å². The summed E-state index contributed by atoms with van der Waals surface area (Å²) in [5.74, 6) is -0.00637. The second kappa shape index (κ2) is 7.44. The number of anilines is 2. The molecule has 0 saturated carbocycles. The Morgan fingerprint density at radius 1 is 1.04 bits per heavy atom. The lowest BCUT2D eigenvalue weighted by Crippen LogP contribution is -2.47. The highest BCUT2D eigenvalue weighted by Crippen LogP contribution is 2.18. The van der Waals surface area contributed by atoms with E-state index in [2.05, 4.69) is 22.2 Å². The number of hydrogen-bond acceptors (Lipinski definition) is 5. The molecule has 0 atom stereocenters. The largest absolute Gasteiger partial charge is 0.354 e. The van der Waals surface area contributed by atoms with Gasteiger partial charge in [0.1, 0.15) is 5.69 Å². The van der Waals surface area contributed by atoms with E-state index in [-0.39, 0.29) is 11.7 Å². The molecule has 1 aliphatic heterocycles. The van der Waals surface area contributed by atoms with Gasteiger partial charge in [0.25, 0.3) is 5.91 Å². The molecule has 1 saturated heterocycles. The van der Waals surface area contributed by atoms with Crippen molar-refractivity contribution < 1.29 is 9.59 Å². The molecule has 0 unspecified atom stereocenters. The molecule has 0 radical (unpaired) electrons. The van der Waals surface area contributed by atoms with E-state index in [0.717, 1.165) is 37.6 Å². The topological polar surface area (TPSA) is 65.5 Å². The standard InChI is InChI=1S/C19H22N4O2/c1-14(24)15-4-3-5-16(12-15)21-17-6-7-18(20-13-17)19(25)23-10-8-22(2)9-11-23/h3-7,12-13,21H,8-11H2,1-2H3. The molecule has 25 heavy (non-hydrogen) atoms. The molecule has 130 valence electrons. The van der Waals surface area contributed by atoms with E-state index in [1.54, 1.807) is 31.3 Å². The van der Waals surface area contributed by atoms with Gasteiger partial charge in [-0.3, -0.25) is 9.59 Å². The molecule has 0 spiro atoms. The lowest BCUT2D eigenvalue weighted by atomic mass is 10.1. The van der Waals surface area contributed by atoms with Crippen LogP contribution in [0.25, 0.3) is 0 Å². The maximum absolute atomic E-state index is 12.5. The Balaban J connectivity index is 1.67. The van der Waals surface area contributed by atoms with E-state index in [0.29, 0.717) is 11.3 Å². The number of aromatic nitrogens is 1. The molecule has 6 nitrogen and oxygen atoms in total. The Hall–Kier alpha value is -2.73. The number of rotatable bonds is 4. The minimum absolute atomic E-state index is 0.0231. The van der Waals surface area contributed by atoms with Crippen LogP contribution in [0.15, 0.2) is 42.6 Å². The van der Waals surface area contributed by atoms with Crippen LogP contribution in [0.1, 0.15) is 27.8 Å². The molecule has 0 bridgehead atoms. The maximum Gasteiger partial charge on any atom is 0.272 e. The highest BCUT2D eigenvalue weighted by molar-refractivity contribution is 5.95. The zero-order chi connectivity index (χ0) is 17.8. The van der Waals surface area contributed by atoms with Crippen molar-refractivity contribution in [3.63, 3.8) is 0 Å². The number of carbonyl (C=O) groups is 2. The number of benzene rings is 1. The summed E-state index contributed by atoms with van der Waals surface area (Å²) >= 11 is 0. The zero-order valence-electron chi connectivity index (χ0n) is 14.5. The lowest BCUT2D eigenvalue weighted by Gasteiger charge is -2.32. The summed E-state index contributed by atoms with van der Waals surface area (Å²) in [6.07, 6.45) is 1.64. The maximum atomic E-state index is 12.5. The first-order valence-electron chi connectivity index (χ1n) is 8.35. The highest BCUT2D eigenvalue weighted by atomic mass is 16.2. The molecule has 6 heteroatoms. The second-order valence-electron chi connectivity index (χ2n) is 6.29. The van der Waals surface area contributed by atoms with Crippen molar-refractivity contribution in [2.75, 3.05) is 38.5 Å². The summed E-state index contributed by atoms with van der Waals surface area (Å²) in [6.45, 7) is 4.78. The quantitative estimate of drug-likeness (QED) is 0.867. The van der Waals surface area contributed by atoms with Crippen LogP contribution in [0.4, 0.5) is 11.4 Å². The number of amides is 1. The number of hydrogen-bond donors (Lipinski definition) is 1. The van der Waals surface area contributed by atoms with Crippen LogP contribution in [0, 0.1) is 0 Å². The minimum Gasteiger partial charge on any atom is -0.354 e. The van der Waals surface area contributed by atoms with Crippen molar-refractivity contribution in [3.8, 4) is 0 Å². The van der Waals surface area contributed by atoms with Crippen LogP contribution < -0.4 is 5.32 Å². The van der Waals surface area contributed by atoms with Crippen molar-refractivity contribution in [1.29, 1.82) is 0 Å². The third-order valence-corrected chi connectivity index (χ3v) is 4.33. The molecule has 2 aromatic rings. The molecular weight excluding hydrogens is 316 g/mol. The zero-order valence-corrected chi connectivity index (χ0v) is 14.5. The fourth-order valence-corrected chi connectivity index (χ4v) is 2.75. The molecule has 3 rings (SSSR count). The monoisotopic (exact) mass is 338 g/mol. The summed E-state index contributed by atoms with van der Waals surface area (Å²) in [5, 5.41) is 3.20. The molecule has 1 aromatic carbocycles. The van der Waals surface area contributed by atoms with Crippen molar-refractivity contribution in [2.24, 2.45) is 0 Å². The van der Waals surface area contributed by atoms with E-state index >= 15 is 0 Å². The highest BCUT2D eigenvalue weighted by Gasteiger charge is 2.21. The second-order valence-corrected chi connectivity index (χ2v) is 6.29. The predicted molar refractivity (Wildman–Crippen MR) is 97.4 cm³/mol. The summed E-state index contributed by atoms with van der Waals surface area (Å²) in [4.78, 5) is 32.3. The van der Waals surface area contributed by atoms with Gasteiger partial charge in [0.15, 0.2) is 5.78 Å². The molecule has 1 fully saturated rings. The summed E-state index contributed by atoms with van der Waals surface area (Å²) in [6, 6.07) is 10.9. The van der Waals surface area contributed by atoms with Crippen LogP contribution in [0.5, 0.6) is 0 Å². The fourth-order valence-electron chi connectivity index (χ4n) is 2.75. The number of likely N-dealkylation sites (N-methyl/N-ethyl adjacent to an activating group) is 1. The Morgan fingerprint density at radius 3 is 2.44 bits per heavy atom. The Kier molecular flexibility index (Phi) is 5.09. The van der Waals surface area contributed by atoms with Crippen molar-refractivity contribution in [2.45, 2.75) is 6.92 Å². The van der Waals surface area contributed by atoms with E-state index in [4.69, 9.17) is 0 Å². The van der Waals surface area contributed by atoms with Gasteiger partial charge in [0.05, 0.1) is 11.9 Å². The predicted octanol–water partition coefficient (Wildman–Crippen LogP) is 2.42. The number of ketones is 1. The van der Waals surface area contributed by atoms with Gasteiger partial charge >= 0.3 is 0 Å². The number of nitrogens with zero attached hydrogens (tertiary/aromatic N) is 3. The molecule has 0 aliphatic carbocycles.